The molecule has 2 unspecified atom stereocenters. The predicted octanol–water partition coefficient (Wildman–Crippen LogP) is 5.59. The van der Waals surface area contributed by atoms with Gasteiger partial charge in [0.25, 0.3) is 0 Å². The fourth-order valence-electron chi connectivity index (χ4n) is 3.85. The first-order valence-corrected chi connectivity index (χ1v) is 9.62. The number of hydrogen-bond acceptors (Lipinski definition) is 4. The van der Waals surface area contributed by atoms with Crippen molar-refractivity contribution in [1.82, 2.24) is 5.01 Å². The van der Waals surface area contributed by atoms with Gasteiger partial charge < -0.3 is 9.47 Å². The quantitative estimate of drug-likeness (QED) is 0.584. The number of halogens is 1. The van der Waals surface area contributed by atoms with Crippen LogP contribution in [0.25, 0.3) is 0 Å². The second-order valence-electron chi connectivity index (χ2n) is 6.94. The molecule has 3 aromatic rings. The van der Waals surface area contributed by atoms with Crippen LogP contribution in [0.5, 0.6) is 11.5 Å². The molecular formula is C23H19ClN2O2. The molecule has 0 N–H and O–H groups in total. The highest BCUT2D eigenvalue weighted by Crippen LogP contribution is 2.48. The van der Waals surface area contributed by atoms with Crippen molar-refractivity contribution in [1.29, 1.82) is 0 Å². The molecule has 2 aliphatic heterocycles. The first kappa shape index (κ1) is 17.1. The summed E-state index contributed by atoms with van der Waals surface area (Å²) in [6, 6.07) is 24.1. The molecule has 0 bridgehead atoms. The van der Waals surface area contributed by atoms with Crippen LogP contribution in [0, 0.1) is 0 Å². The van der Waals surface area contributed by atoms with Gasteiger partial charge in [-0.15, -0.1) is 0 Å². The molecule has 2 atom stereocenters. The lowest BCUT2D eigenvalue weighted by atomic mass is 9.96. The average Bonchev–Trinajstić information content (AvgIpc) is 3.20. The summed E-state index contributed by atoms with van der Waals surface area (Å²) in [5, 5.41) is 7.73. The Morgan fingerprint density at radius 3 is 2.57 bits per heavy atom. The highest BCUT2D eigenvalue weighted by Gasteiger charge is 2.41. The molecule has 2 aliphatic rings. The van der Waals surface area contributed by atoms with Crippen LogP contribution in [0.3, 0.4) is 0 Å². The Morgan fingerprint density at radius 1 is 1.04 bits per heavy atom. The van der Waals surface area contributed by atoms with Crippen LogP contribution in [0.2, 0.25) is 5.02 Å². The van der Waals surface area contributed by atoms with E-state index in [2.05, 4.69) is 17.1 Å². The lowest BCUT2D eigenvalue weighted by Gasteiger charge is -2.38. The van der Waals surface area contributed by atoms with Gasteiger partial charge in [0.1, 0.15) is 11.5 Å². The number of hydrazone groups is 1. The number of ether oxygens (including phenoxy) is 2. The molecule has 4 nitrogen and oxygen atoms in total. The van der Waals surface area contributed by atoms with E-state index in [0.29, 0.717) is 5.02 Å². The van der Waals surface area contributed by atoms with Gasteiger partial charge in [-0.1, -0.05) is 41.9 Å². The number of hydrogen-bond donors (Lipinski definition) is 0. The monoisotopic (exact) mass is 390 g/mol. The highest BCUT2D eigenvalue weighted by molar-refractivity contribution is 6.30. The lowest BCUT2D eigenvalue weighted by molar-refractivity contribution is -0.0190. The number of rotatable bonds is 3. The Hall–Kier alpha value is -2.98. The molecule has 5 rings (SSSR count). The zero-order chi connectivity index (χ0) is 19.1. The summed E-state index contributed by atoms with van der Waals surface area (Å²) < 4.78 is 11.6. The first-order chi connectivity index (χ1) is 13.7. The molecule has 0 fully saturated rings. The van der Waals surface area contributed by atoms with E-state index in [1.165, 1.54) is 0 Å². The molecule has 0 aromatic heterocycles. The first-order valence-electron chi connectivity index (χ1n) is 9.24. The van der Waals surface area contributed by atoms with E-state index < -0.39 is 0 Å². The topological polar surface area (TPSA) is 34.1 Å². The number of methoxy groups -OCH3 is 1. The standard InChI is InChI=1S/C23H19ClN2O2/c1-27-18-10-7-15(8-11-18)20-14-21-19-13-17(24)9-12-22(19)28-23(26(21)25-20)16-5-3-2-4-6-16/h2-13,21,23H,14H2,1H3. The van der Waals surface area contributed by atoms with Crippen LogP contribution in [-0.2, 0) is 0 Å². The number of nitrogens with zero attached hydrogens (tertiary/aromatic N) is 2. The Bertz CT molecular complexity index is 1030. The molecule has 0 saturated carbocycles. The van der Waals surface area contributed by atoms with E-state index >= 15 is 0 Å². The highest BCUT2D eigenvalue weighted by atomic mass is 35.5. The molecule has 5 heteroatoms. The number of fused-ring (bicyclic) bond motifs is 3. The molecule has 0 spiro atoms. The summed E-state index contributed by atoms with van der Waals surface area (Å²) in [6.45, 7) is 0. The third-order valence-electron chi connectivity index (χ3n) is 5.26. The zero-order valence-corrected chi connectivity index (χ0v) is 16.1. The van der Waals surface area contributed by atoms with E-state index in [4.69, 9.17) is 26.2 Å². The molecule has 0 aliphatic carbocycles. The molecule has 0 radical (unpaired) electrons. The molecular weight excluding hydrogens is 372 g/mol. The van der Waals surface area contributed by atoms with Crippen molar-refractivity contribution in [3.63, 3.8) is 0 Å². The molecule has 3 aromatic carbocycles. The molecule has 0 saturated heterocycles. The minimum Gasteiger partial charge on any atom is -0.497 e. The van der Waals surface area contributed by atoms with Crippen LogP contribution in [0.1, 0.15) is 35.4 Å². The summed E-state index contributed by atoms with van der Waals surface area (Å²) in [5.41, 5.74) is 4.27. The third kappa shape index (κ3) is 2.90. The second kappa shape index (κ2) is 6.88. The Morgan fingerprint density at radius 2 is 1.82 bits per heavy atom. The van der Waals surface area contributed by atoms with Crippen LogP contribution in [0.4, 0.5) is 0 Å². The molecule has 28 heavy (non-hydrogen) atoms. The fraction of sp³-hybridized carbons (Fsp3) is 0.174. The van der Waals surface area contributed by atoms with Crippen molar-refractivity contribution >= 4 is 17.3 Å². The van der Waals surface area contributed by atoms with Gasteiger partial charge in [-0.3, -0.25) is 0 Å². The van der Waals surface area contributed by atoms with Crippen LogP contribution >= 0.6 is 11.6 Å². The van der Waals surface area contributed by atoms with Crippen molar-refractivity contribution in [3.05, 3.63) is 94.5 Å². The van der Waals surface area contributed by atoms with Gasteiger partial charge in [0.05, 0.1) is 18.9 Å². The van der Waals surface area contributed by atoms with Gasteiger partial charge >= 0.3 is 0 Å². The maximum absolute atomic E-state index is 6.35. The second-order valence-corrected chi connectivity index (χ2v) is 7.37. The van der Waals surface area contributed by atoms with E-state index in [-0.39, 0.29) is 12.3 Å². The Labute approximate surface area is 169 Å². The Kier molecular flexibility index (Phi) is 4.21. The van der Waals surface area contributed by atoms with E-state index in [1.54, 1.807) is 7.11 Å². The van der Waals surface area contributed by atoms with Gasteiger partial charge in [-0.05, 0) is 48.0 Å². The smallest absolute Gasteiger partial charge is 0.213 e. The van der Waals surface area contributed by atoms with E-state index in [1.807, 2.05) is 60.7 Å². The van der Waals surface area contributed by atoms with Crippen molar-refractivity contribution in [2.45, 2.75) is 18.7 Å². The van der Waals surface area contributed by atoms with Gasteiger partial charge in [0.15, 0.2) is 0 Å². The van der Waals surface area contributed by atoms with E-state index in [0.717, 1.165) is 40.3 Å². The average molecular weight is 391 g/mol. The zero-order valence-electron chi connectivity index (χ0n) is 15.4. The van der Waals surface area contributed by atoms with Crippen LogP contribution < -0.4 is 9.47 Å². The van der Waals surface area contributed by atoms with Crippen molar-refractivity contribution in [3.8, 4) is 11.5 Å². The Balaban J connectivity index is 1.57. The predicted molar refractivity (Wildman–Crippen MR) is 110 cm³/mol. The van der Waals surface area contributed by atoms with Crippen LogP contribution in [-0.4, -0.2) is 17.8 Å². The molecule has 2 heterocycles. The van der Waals surface area contributed by atoms with Crippen molar-refractivity contribution in [2.75, 3.05) is 7.11 Å². The van der Waals surface area contributed by atoms with Crippen molar-refractivity contribution in [2.24, 2.45) is 5.10 Å². The summed E-state index contributed by atoms with van der Waals surface area (Å²) in [6.07, 6.45) is 0.530. The minimum absolute atomic E-state index is 0.0877. The number of benzene rings is 3. The normalized spacial score (nSPS) is 20.1. The van der Waals surface area contributed by atoms with E-state index in [9.17, 15) is 0 Å². The SMILES string of the molecule is COc1ccc(C2=NN3C(C2)c2cc(Cl)ccc2OC3c2ccccc2)cc1. The maximum Gasteiger partial charge on any atom is 0.213 e. The van der Waals surface area contributed by atoms with Crippen LogP contribution in [0.15, 0.2) is 77.9 Å². The lowest BCUT2D eigenvalue weighted by Crippen LogP contribution is -2.33. The van der Waals surface area contributed by atoms with Gasteiger partial charge in [-0.25, -0.2) is 5.01 Å². The fourth-order valence-corrected chi connectivity index (χ4v) is 4.03. The summed E-state index contributed by atoms with van der Waals surface area (Å²) in [4.78, 5) is 0. The summed E-state index contributed by atoms with van der Waals surface area (Å²) >= 11 is 6.28. The van der Waals surface area contributed by atoms with Gasteiger partial charge in [0.2, 0.25) is 6.23 Å². The molecule has 0 amide bonds. The maximum atomic E-state index is 6.35. The third-order valence-corrected chi connectivity index (χ3v) is 5.49. The minimum atomic E-state index is -0.268. The van der Waals surface area contributed by atoms with Gasteiger partial charge in [0, 0.05) is 22.6 Å². The van der Waals surface area contributed by atoms with Crippen molar-refractivity contribution < 1.29 is 9.47 Å². The molecule has 140 valence electrons. The summed E-state index contributed by atoms with van der Waals surface area (Å²) in [7, 11) is 1.67. The van der Waals surface area contributed by atoms with Gasteiger partial charge in [-0.2, -0.15) is 5.10 Å². The summed E-state index contributed by atoms with van der Waals surface area (Å²) in [5.74, 6) is 1.70. The largest absolute Gasteiger partial charge is 0.497 e.